The first-order chi connectivity index (χ1) is 9.15. The second kappa shape index (κ2) is 7.58. The fourth-order valence-corrected chi connectivity index (χ4v) is 3.32. The second-order valence-electron chi connectivity index (χ2n) is 6.57. The zero-order chi connectivity index (χ0) is 13.7. The third kappa shape index (κ3) is 5.03. The summed E-state index contributed by atoms with van der Waals surface area (Å²) in [5.74, 6) is 0. The molecule has 19 heavy (non-hydrogen) atoms. The molecule has 0 N–H and O–H groups in total. The van der Waals surface area contributed by atoms with Gasteiger partial charge in [-0.25, -0.2) is 0 Å². The van der Waals surface area contributed by atoms with Crippen LogP contribution in [-0.4, -0.2) is 99.1 Å². The van der Waals surface area contributed by atoms with Crippen molar-refractivity contribution >= 4 is 0 Å². The summed E-state index contributed by atoms with van der Waals surface area (Å²) in [5, 5.41) is 0. The molecular weight excluding hydrogens is 236 g/mol. The molecule has 0 aliphatic carbocycles. The number of hydrogen-bond acceptors (Lipinski definition) is 4. The monoisotopic (exact) mass is 268 g/mol. The highest BCUT2D eigenvalue weighted by molar-refractivity contribution is 4.82. The van der Waals surface area contributed by atoms with Crippen molar-refractivity contribution in [2.45, 2.75) is 25.3 Å². The molecule has 4 heteroatoms. The van der Waals surface area contributed by atoms with Crippen molar-refractivity contribution < 1.29 is 0 Å². The minimum Gasteiger partial charge on any atom is -0.309 e. The van der Waals surface area contributed by atoms with E-state index >= 15 is 0 Å². The molecule has 0 aromatic carbocycles. The number of piperazine rings is 1. The van der Waals surface area contributed by atoms with Gasteiger partial charge in [-0.2, -0.15) is 0 Å². The van der Waals surface area contributed by atoms with Gasteiger partial charge in [0.2, 0.25) is 0 Å². The van der Waals surface area contributed by atoms with Crippen LogP contribution in [0.1, 0.15) is 19.3 Å². The molecule has 0 aromatic rings. The van der Waals surface area contributed by atoms with Crippen LogP contribution in [0.4, 0.5) is 0 Å². The lowest BCUT2D eigenvalue weighted by Gasteiger charge is -2.42. The van der Waals surface area contributed by atoms with Crippen LogP contribution in [0.15, 0.2) is 0 Å². The zero-order valence-electron chi connectivity index (χ0n) is 13.1. The fraction of sp³-hybridized carbons (Fsp3) is 1.00. The fourth-order valence-electron chi connectivity index (χ4n) is 3.32. The summed E-state index contributed by atoms with van der Waals surface area (Å²) in [4.78, 5) is 10.1. The Kier molecular flexibility index (Phi) is 6.07. The molecule has 0 unspecified atom stereocenters. The molecule has 0 aromatic heterocycles. The highest BCUT2D eigenvalue weighted by atomic mass is 15.3. The van der Waals surface area contributed by atoms with E-state index < -0.39 is 0 Å². The third-order valence-electron chi connectivity index (χ3n) is 4.69. The van der Waals surface area contributed by atoms with Crippen LogP contribution in [0.2, 0.25) is 0 Å². The first kappa shape index (κ1) is 15.2. The summed E-state index contributed by atoms with van der Waals surface area (Å²) in [6, 6.07) is 0.861. The number of nitrogens with zero attached hydrogens (tertiary/aromatic N) is 4. The first-order valence-corrected chi connectivity index (χ1v) is 7.95. The Morgan fingerprint density at radius 3 is 2.16 bits per heavy atom. The van der Waals surface area contributed by atoms with Gasteiger partial charge < -0.3 is 14.7 Å². The molecule has 112 valence electrons. The van der Waals surface area contributed by atoms with E-state index in [9.17, 15) is 0 Å². The van der Waals surface area contributed by atoms with E-state index in [4.69, 9.17) is 0 Å². The van der Waals surface area contributed by atoms with E-state index in [2.05, 4.69) is 40.7 Å². The lowest BCUT2D eigenvalue weighted by molar-refractivity contribution is 0.0636. The molecule has 0 bridgehead atoms. The topological polar surface area (TPSA) is 13.0 Å². The molecule has 2 heterocycles. The van der Waals surface area contributed by atoms with Gasteiger partial charge in [0.15, 0.2) is 0 Å². The summed E-state index contributed by atoms with van der Waals surface area (Å²) in [7, 11) is 6.58. The minimum absolute atomic E-state index is 0.861. The minimum atomic E-state index is 0.861. The number of likely N-dealkylation sites (tertiary alicyclic amines) is 1. The second-order valence-corrected chi connectivity index (χ2v) is 6.57. The van der Waals surface area contributed by atoms with Gasteiger partial charge in [0.25, 0.3) is 0 Å². The highest BCUT2D eigenvalue weighted by Gasteiger charge is 2.26. The van der Waals surface area contributed by atoms with Crippen molar-refractivity contribution in [2.24, 2.45) is 0 Å². The molecule has 2 fully saturated rings. The molecule has 2 aliphatic heterocycles. The van der Waals surface area contributed by atoms with Crippen molar-refractivity contribution in [3.63, 3.8) is 0 Å². The first-order valence-electron chi connectivity index (χ1n) is 7.95. The van der Waals surface area contributed by atoms with Crippen molar-refractivity contribution in [3.8, 4) is 0 Å². The standard InChI is InChI=1S/C15H32N4/c1-16(2)7-4-8-18-11-13-19(14-12-18)15-5-9-17(3)10-6-15/h15H,4-14H2,1-3H3. The maximum absolute atomic E-state index is 2.75. The summed E-state index contributed by atoms with van der Waals surface area (Å²) >= 11 is 0. The lowest BCUT2D eigenvalue weighted by atomic mass is 10.0. The van der Waals surface area contributed by atoms with Crippen molar-refractivity contribution in [2.75, 3.05) is 73.5 Å². The van der Waals surface area contributed by atoms with Crippen LogP contribution in [0, 0.1) is 0 Å². The Labute approximate surface area is 119 Å². The molecule has 0 atom stereocenters. The molecule has 0 radical (unpaired) electrons. The summed E-state index contributed by atoms with van der Waals surface area (Å²) in [6.45, 7) is 10.2. The van der Waals surface area contributed by atoms with E-state index in [-0.39, 0.29) is 0 Å². The normalized spacial score (nSPS) is 25.3. The summed E-state index contributed by atoms with van der Waals surface area (Å²) in [5.41, 5.74) is 0. The van der Waals surface area contributed by atoms with Crippen LogP contribution in [0.25, 0.3) is 0 Å². The molecule has 0 spiro atoms. The lowest BCUT2D eigenvalue weighted by Crippen LogP contribution is -2.53. The Balaban J connectivity index is 1.62. The number of hydrogen-bond donors (Lipinski definition) is 0. The van der Waals surface area contributed by atoms with Gasteiger partial charge in [0, 0.05) is 32.2 Å². The van der Waals surface area contributed by atoms with E-state index in [1.807, 2.05) is 0 Å². The van der Waals surface area contributed by atoms with Gasteiger partial charge in [-0.1, -0.05) is 0 Å². The Bertz CT molecular complexity index is 241. The molecule has 4 nitrogen and oxygen atoms in total. The van der Waals surface area contributed by atoms with Gasteiger partial charge in [-0.3, -0.25) is 4.90 Å². The van der Waals surface area contributed by atoms with Crippen molar-refractivity contribution in [1.82, 2.24) is 19.6 Å². The van der Waals surface area contributed by atoms with E-state index in [1.54, 1.807) is 0 Å². The predicted octanol–water partition coefficient (Wildman–Crippen LogP) is 0.650. The number of piperidine rings is 1. The maximum atomic E-state index is 2.75. The van der Waals surface area contributed by atoms with Crippen molar-refractivity contribution in [3.05, 3.63) is 0 Å². The molecular formula is C15H32N4. The van der Waals surface area contributed by atoms with E-state index in [0.29, 0.717) is 0 Å². The largest absolute Gasteiger partial charge is 0.309 e. The zero-order valence-corrected chi connectivity index (χ0v) is 13.1. The summed E-state index contributed by atoms with van der Waals surface area (Å²) < 4.78 is 0. The smallest absolute Gasteiger partial charge is 0.0121 e. The van der Waals surface area contributed by atoms with Crippen molar-refractivity contribution in [1.29, 1.82) is 0 Å². The predicted molar refractivity (Wildman–Crippen MR) is 81.7 cm³/mol. The summed E-state index contributed by atoms with van der Waals surface area (Å²) in [6.07, 6.45) is 4.05. The number of rotatable bonds is 5. The van der Waals surface area contributed by atoms with Gasteiger partial charge in [0.1, 0.15) is 0 Å². The van der Waals surface area contributed by atoms with Gasteiger partial charge in [-0.05, 0) is 66.6 Å². The Hall–Kier alpha value is -0.160. The van der Waals surface area contributed by atoms with Crippen LogP contribution < -0.4 is 0 Å². The maximum Gasteiger partial charge on any atom is 0.0121 e. The quantitative estimate of drug-likeness (QED) is 0.726. The Morgan fingerprint density at radius 2 is 1.58 bits per heavy atom. The third-order valence-corrected chi connectivity index (χ3v) is 4.69. The highest BCUT2D eigenvalue weighted by Crippen LogP contribution is 2.17. The van der Waals surface area contributed by atoms with Gasteiger partial charge in [0.05, 0.1) is 0 Å². The molecule has 2 rings (SSSR count). The average Bonchev–Trinajstić information content (AvgIpc) is 2.40. The molecule has 2 aliphatic rings. The van der Waals surface area contributed by atoms with Crippen LogP contribution in [0.5, 0.6) is 0 Å². The van der Waals surface area contributed by atoms with Gasteiger partial charge in [-0.15, -0.1) is 0 Å². The molecule has 0 saturated carbocycles. The Morgan fingerprint density at radius 1 is 0.947 bits per heavy atom. The van der Waals surface area contributed by atoms with E-state index in [1.165, 1.54) is 71.6 Å². The van der Waals surface area contributed by atoms with E-state index in [0.717, 1.165) is 6.04 Å². The van der Waals surface area contributed by atoms with Crippen LogP contribution in [-0.2, 0) is 0 Å². The van der Waals surface area contributed by atoms with Gasteiger partial charge >= 0.3 is 0 Å². The SMILES string of the molecule is CN(C)CCCN1CCN(C2CCN(C)CC2)CC1. The molecule has 0 amide bonds. The van der Waals surface area contributed by atoms with Crippen LogP contribution in [0.3, 0.4) is 0 Å². The molecule has 2 saturated heterocycles. The average molecular weight is 268 g/mol. The van der Waals surface area contributed by atoms with Crippen LogP contribution >= 0.6 is 0 Å².